The number of hydrogen-bond donors (Lipinski definition) is 0. The number of nitrogens with zero attached hydrogens (tertiary/aromatic N) is 1. The average Bonchev–Trinajstić information content (AvgIpc) is 2.01. The van der Waals surface area contributed by atoms with Gasteiger partial charge in [0, 0.05) is 13.1 Å². The molecule has 0 aromatic carbocycles. The summed E-state index contributed by atoms with van der Waals surface area (Å²) in [6.07, 6.45) is 4.08. The molecule has 4 nitrogen and oxygen atoms in total. The van der Waals surface area contributed by atoms with Crippen molar-refractivity contribution in [2.24, 2.45) is 0 Å². The molecule has 0 bridgehead atoms. The lowest BCUT2D eigenvalue weighted by molar-refractivity contribution is 0.325. The van der Waals surface area contributed by atoms with Crippen molar-refractivity contribution in [3.8, 4) is 0 Å². The van der Waals surface area contributed by atoms with Crippen molar-refractivity contribution < 1.29 is 13.0 Å². The number of unbranched alkanes of at least 4 members (excludes halogenated alkanes) is 2. The van der Waals surface area contributed by atoms with Crippen LogP contribution in [-0.4, -0.2) is 25.8 Å². The van der Waals surface area contributed by atoms with Crippen LogP contribution < -0.4 is 0 Å². The van der Waals surface area contributed by atoms with Crippen molar-refractivity contribution in [1.29, 1.82) is 0 Å². The Morgan fingerprint density at radius 1 is 1.38 bits per heavy atom. The van der Waals surface area contributed by atoms with Crippen molar-refractivity contribution in [2.75, 3.05) is 13.1 Å². The summed E-state index contributed by atoms with van der Waals surface area (Å²) in [5.74, 6) is 0. The minimum absolute atomic E-state index is 0.107. The molecule has 0 atom stereocenters. The van der Waals surface area contributed by atoms with Crippen LogP contribution in [0.2, 0.25) is 0 Å². The summed E-state index contributed by atoms with van der Waals surface area (Å²) in [5, 5.41) is 0. The van der Waals surface area contributed by atoms with E-state index >= 15 is 0 Å². The Kier molecular flexibility index (Phi) is 5.94. The first-order valence-corrected chi connectivity index (χ1v) is 5.70. The van der Waals surface area contributed by atoms with Gasteiger partial charge in [0.25, 0.3) is 0 Å². The molecule has 0 rings (SSSR count). The highest BCUT2D eigenvalue weighted by molar-refractivity contribution is 7.83. The van der Waals surface area contributed by atoms with Crippen LogP contribution in [0.3, 0.4) is 0 Å². The molecule has 0 amide bonds. The fourth-order valence-electron chi connectivity index (χ4n) is 0.977. The van der Waals surface area contributed by atoms with Gasteiger partial charge < -0.3 is 0 Å². The third kappa shape index (κ3) is 5.79. The molecule has 0 aliphatic rings. The van der Waals surface area contributed by atoms with Crippen molar-refractivity contribution in [3.05, 3.63) is 12.7 Å². The maximum absolute atomic E-state index is 10.6. The van der Waals surface area contributed by atoms with Crippen LogP contribution in [0.5, 0.6) is 0 Å². The third-order valence-electron chi connectivity index (χ3n) is 1.66. The van der Waals surface area contributed by atoms with E-state index in [2.05, 4.69) is 6.58 Å². The van der Waals surface area contributed by atoms with Gasteiger partial charge in [0.2, 0.25) is 0 Å². The summed E-state index contributed by atoms with van der Waals surface area (Å²) in [5.41, 5.74) is 0. The summed E-state index contributed by atoms with van der Waals surface area (Å²) in [7, 11) is -4.30. The molecule has 0 aliphatic heterocycles. The van der Waals surface area contributed by atoms with E-state index in [1.54, 1.807) is 0 Å². The van der Waals surface area contributed by atoms with Crippen molar-refractivity contribution in [3.63, 3.8) is 0 Å². The van der Waals surface area contributed by atoms with Crippen LogP contribution in [0, 0.1) is 0 Å². The van der Waals surface area contributed by atoms with Gasteiger partial charge in [0.05, 0.1) is 0 Å². The Bertz CT molecular complexity index is 236. The molecular weight excluding hydrogens is 190 g/mol. The first kappa shape index (κ1) is 12.6. The second-order valence-electron chi connectivity index (χ2n) is 2.81. The Morgan fingerprint density at radius 2 is 2.00 bits per heavy atom. The van der Waals surface area contributed by atoms with Crippen molar-refractivity contribution in [2.45, 2.75) is 26.2 Å². The number of rotatable bonds is 7. The summed E-state index contributed by atoms with van der Waals surface area (Å²) in [4.78, 5) is 0. The Labute approximate surface area is 80.1 Å². The van der Waals surface area contributed by atoms with E-state index < -0.39 is 10.3 Å². The molecule has 1 radical (unpaired) electrons. The molecule has 0 heterocycles. The summed E-state index contributed by atoms with van der Waals surface area (Å²) in [6, 6.07) is 0. The molecule has 0 aliphatic carbocycles. The van der Waals surface area contributed by atoms with Gasteiger partial charge in [-0.15, -0.1) is 6.58 Å². The van der Waals surface area contributed by atoms with Gasteiger partial charge >= 0.3 is 10.3 Å². The third-order valence-corrected chi connectivity index (χ3v) is 2.62. The fourth-order valence-corrected chi connectivity index (χ4v) is 1.62. The zero-order valence-corrected chi connectivity index (χ0v) is 8.72. The van der Waals surface area contributed by atoms with Gasteiger partial charge in [-0.2, -0.15) is 12.7 Å². The molecule has 77 valence electrons. The van der Waals surface area contributed by atoms with Crippen LogP contribution in [0.25, 0.3) is 0 Å². The summed E-state index contributed by atoms with van der Waals surface area (Å²) >= 11 is 0. The van der Waals surface area contributed by atoms with Crippen LogP contribution >= 0.6 is 0 Å². The second-order valence-corrected chi connectivity index (χ2v) is 4.18. The van der Waals surface area contributed by atoms with E-state index in [-0.39, 0.29) is 6.54 Å². The maximum atomic E-state index is 10.6. The van der Waals surface area contributed by atoms with Gasteiger partial charge in [0.15, 0.2) is 0 Å². The van der Waals surface area contributed by atoms with E-state index in [1.165, 1.54) is 6.08 Å². The van der Waals surface area contributed by atoms with Gasteiger partial charge in [0.1, 0.15) is 0 Å². The zero-order valence-electron chi connectivity index (χ0n) is 7.90. The predicted molar refractivity (Wildman–Crippen MR) is 50.9 cm³/mol. The fraction of sp³-hybridized carbons (Fsp3) is 0.750. The van der Waals surface area contributed by atoms with Crippen molar-refractivity contribution in [1.82, 2.24) is 4.31 Å². The highest BCUT2D eigenvalue weighted by Crippen LogP contribution is 2.03. The molecular formula is C8H16NO3S. The monoisotopic (exact) mass is 206 g/mol. The minimum atomic E-state index is -4.30. The largest absolute Gasteiger partial charge is 0.366 e. The Hall–Kier alpha value is -0.390. The van der Waals surface area contributed by atoms with Crippen LogP contribution in [0.4, 0.5) is 0 Å². The molecule has 0 saturated carbocycles. The second kappa shape index (κ2) is 6.12. The lowest BCUT2D eigenvalue weighted by Crippen LogP contribution is -2.30. The molecule has 0 saturated heterocycles. The van der Waals surface area contributed by atoms with Gasteiger partial charge in [-0.05, 0) is 6.42 Å². The van der Waals surface area contributed by atoms with Crippen molar-refractivity contribution >= 4 is 10.3 Å². The first-order chi connectivity index (χ1) is 6.02. The smallest absolute Gasteiger partial charge is 0.179 e. The quantitative estimate of drug-likeness (QED) is 0.466. The Balaban J connectivity index is 4.03. The summed E-state index contributed by atoms with van der Waals surface area (Å²) < 4.78 is 32.8. The predicted octanol–water partition coefficient (Wildman–Crippen LogP) is 1.34. The maximum Gasteiger partial charge on any atom is 0.366 e. The molecule has 13 heavy (non-hydrogen) atoms. The van der Waals surface area contributed by atoms with E-state index in [4.69, 9.17) is 0 Å². The van der Waals surface area contributed by atoms with E-state index in [0.29, 0.717) is 6.54 Å². The average molecular weight is 206 g/mol. The van der Waals surface area contributed by atoms with E-state index in [9.17, 15) is 13.0 Å². The molecule has 0 aromatic rings. The molecule has 0 spiro atoms. The zero-order chi connectivity index (χ0) is 10.3. The molecule has 0 N–H and O–H groups in total. The van der Waals surface area contributed by atoms with Crippen LogP contribution in [-0.2, 0) is 14.9 Å². The minimum Gasteiger partial charge on any atom is -0.179 e. The van der Waals surface area contributed by atoms with Gasteiger partial charge in [-0.3, -0.25) is 0 Å². The molecule has 0 fully saturated rings. The molecule has 0 aromatic heterocycles. The van der Waals surface area contributed by atoms with E-state index in [1.807, 2.05) is 6.92 Å². The lowest BCUT2D eigenvalue weighted by atomic mass is 10.2. The van der Waals surface area contributed by atoms with Gasteiger partial charge in [-0.25, -0.2) is 0 Å². The standard InChI is InChI=1S/C8H16NO3S/c1-3-5-6-8-9(7-4-2)13(10,11)12/h4H,2-3,5-8H2,1H3. The highest BCUT2D eigenvalue weighted by atomic mass is 32.2. The van der Waals surface area contributed by atoms with Crippen LogP contribution in [0.1, 0.15) is 26.2 Å². The summed E-state index contributed by atoms with van der Waals surface area (Å²) in [6.45, 7) is 5.82. The SMILES string of the molecule is C=CCN(CCCCC)S([O])(=O)=O. The lowest BCUT2D eigenvalue weighted by Gasteiger charge is -2.14. The Morgan fingerprint density at radius 3 is 2.38 bits per heavy atom. The van der Waals surface area contributed by atoms with Crippen LogP contribution in [0.15, 0.2) is 12.7 Å². The highest BCUT2D eigenvalue weighted by Gasteiger charge is 2.17. The van der Waals surface area contributed by atoms with E-state index in [0.717, 1.165) is 23.6 Å². The normalized spacial score (nSPS) is 11.9. The molecule has 0 unspecified atom stereocenters. The molecule has 5 heteroatoms. The number of hydrogen-bond acceptors (Lipinski definition) is 2. The first-order valence-electron chi connectivity index (χ1n) is 4.34. The van der Waals surface area contributed by atoms with Gasteiger partial charge in [-0.1, -0.05) is 30.4 Å². The topological polar surface area (TPSA) is 57.3 Å².